The molecule has 2 aliphatic heterocycles. The van der Waals surface area contributed by atoms with Crippen LogP contribution in [0.25, 0.3) is 50.9 Å². The Morgan fingerprint density at radius 2 is 1.56 bits per heavy atom. The molecule has 0 atom stereocenters. The van der Waals surface area contributed by atoms with E-state index in [1.165, 1.54) is 11.1 Å². The summed E-state index contributed by atoms with van der Waals surface area (Å²) in [6.07, 6.45) is 7.97. The van der Waals surface area contributed by atoms with Crippen molar-refractivity contribution in [3.05, 3.63) is 75.4 Å². The minimum Gasteiger partial charge on any atom is -0.870 e. The number of aromatic nitrogens is 4. The standard InChI is InChI=1S/C32H33N4O.Li.H2O/c1-8-22-19(5)28-16-31-23(9-2)18(4)27(34-31)15-29-20(6)24(11-10-12-37)32(36-29)21(7)26-13-17(3)25(33-26)14-30(22)35-28;;/h9,13-16,34-35H,2,8,10-11H2,1,3-7H3;;1H2/q-1;+1;/p-1. The zero-order valence-electron chi connectivity index (χ0n) is 24.0. The maximum Gasteiger partial charge on any atom is 1.00 e. The van der Waals surface area contributed by atoms with E-state index >= 15 is 0 Å². The van der Waals surface area contributed by atoms with Crippen molar-refractivity contribution in [3.8, 4) is 0 Å². The van der Waals surface area contributed by atoms with E-state index in [-0.39, 0.29) is 24.3 Å². The molecule has 0 aliphatic carbocycles. The number of hydrogen-bond acceptors (Lipinski definition) is 4. The van der Waals surface area contributed by atoms with Gasteiger partial charge in [0, 0.05) is 33.2 Å². The quantitative estimate of drug-likeness (QED) is 0.383. The van der Waals surface area contributed by atoms with E-state index in [4.69, 9.17) is 9.97 Å². The minimum absolute atomic E-state index is 0. The molecule has 2 aliphatic rings. The van der Waals surface area contributed by atoms with E-state index in [2.05, 4.69) is 88.7 Å². The Balaban J connectivity index is 0.00000210. The predicted octanol–water partition coefficient (Wildman–Crippen LogP) is 4.65. The van der Waals surface area contributed by atoms with Crippen molar-refractivity contribution in [1.29, 1.82) is 0 Å². The van der Waals surface area contributed by atoms with Crippen molar-refractivity contribution < 1.29 is 29.1 Å². The SMILES string of the molecule is C=Cc1c(C)c2cc3nc(c(C)c4nc(cc5[nH]c(cc1[nH]2)c(C)c5CC)C(C)=C4)C(CC[C-]=O)=C3C.[Li+].[OH-]. The van der Waals surface area contributed by atoms with E-state index in [0.29, 0.717) is 12.8 Å². The molecule has 3 N–H and O–H groups in total. The van der Waals surface area contributed by atoms with Gasteiger partial charge in [-0.15, -0.1) is 6.42 Å². The van der Waals surface area contributed by atoms with Crippen LogP contribution in [0.5, 0.6) is 0 Å². The third-order valence-corrected chi connectivity index (χ3v) is 7.80. The van der Waals surface area contributed by atoms with Gasteiger partial charge in [-0.05, 0) is 105 Å². The smallest absolute Gasteiger partial charge is 0.870 e. The molecule has 0 saturated heterocycles. The van der Waals surface area contributed by atoms with E-state index in [9.17, 15) is 4.79 Å². The van der Waals surface area contributed by atoms with Crippen LogP contribution < -0.4 is 18.9 Å². The molecule has 39 heavy (non-hydrogen) atoms. The molecule has 0 spiro atoms. The van der Waals surface area contributed by atoms with Crippen LogP contribution in [0.1, 0.15) is 84.2 Å². The molecule has 3 aromatic heterocycles. The van der Waals surface area contributed by atoms with Crippen LogP contribution in [-0.2, 0) is 11.2 Å². The first-order valence-corrected chi connectivity index (χ1v) is 12.9. The van der Waals surface area contributed by atoms with E-state index in [0.717, 1.165) is 84.7 Å². The molecule has 3 aromatic rings. The summed E-state index contributed by atoms with van der Waals surface area (Å²) in [6, 6.07) is 6.45. The number of carbonyl (C=O) groups excluding carboxylic acids is 1. The summed E-state index contributed by atoms with van der Waals surface area (Å²) in [5, 5.41) is 0. The van der Waals surface area contributed by atoms with Gasteiger partial charge in [0.05, 0.1) is 22.8 Å². The number of aromatic amines is 2. The Morgan fingerprint density at radius 3 is 2.23 bits per heavy atom. The van der Waals surface area contributed by atoms with Crippen LogP contribution in [-0.4, -0.2) is 31.7 Å². The molecule has 0 aromatic carbocycles. The van der Waals surface area contributed by atoms with Crippen LogP contribution in [0, 0.1) is 20.8 Å². The van der Waals surface area contributed by atoms with Crippen LogP contribution >= 0.6 is 0 Å². The summed E-state index contributed by atoms with van der Waals surface area (Å²) in [5.74, 6) is 0. The largest absolute Gasteiger partial charge is 1.00 e. The zero-order chi connectivity index (χ0) is 26.4. The molecular weight excluding hydrogens is 479 g/mol. The summed E-state index contributed by atoms with van der Waals surface area (Å²) >= 11 is 0. The molecule has 0 fully saturated rings. The maximum atomic E-state index is 11.1. The second kappa shape index (κ2) is 11.8. The van der Waals surface area contributed by atoms with Crippen molar-refractivity contribution in [2.45, 2.75) is 60.8 Å². The molecule has 5 rings (SSSR count). The van der Waals surface area contributed by atoms with Crippen molar-refractivity contribution in [3.63, 3.8) is 0 Å². The fraction of sp³-hybridized carbons (Fsp3) is 0.281. The van der Waals surface area contributed by atoms with E-state index < -0.39 is 0 Å². The second-order valence-electron chi connectivity index (χ2n) is 9.97. The third kappa shape index (κ3) is 5.13. The first-order valence-electron chi connectivity index (χ1n) is 12.9. The fourth-order valence-electron chi connectivity index (χ4n) is 5.52. The number of H-pyrrole nitrogens is 2. The summed E-state index contributed by atoms with van der Waals surface area (Å²) in [4.78, 5) is 28.5. The third-order valence-electron chi connectivity index (χ3n) is 7.80. The Labute approximate surface area is 241 Å². The first kappa shape index (κ1) is 30.1. The average Bonchev–Trinajstić information content (AvgIpc) is 3.57. The molecule has 8 bridgehead atoms. The van der Waals surface area contributed by atoms with Crippen molar-refractivity contribution in [1.82, 2.24) is 19.9 Å². The monoisotopic (exact) mass is 513 g/mol. The zero-order valence-corrected chi connectivity index (χ0v) is 24.0. The van der Waals surface area contributed by atoms with Gasteiger partial charge < -0.3 is 20.2 Å². The van der Waals surface area contributed by atoms with Crippen LogP contribution in [0.3, 0.4) is 0 Å². The summed E-state index contributed by atoms with van der Waals surface area (Å²) in [6.45, 7) is 16.8. The average molecular weight is 514 g/mol. The van der Waals surface area contributed by atoms with Crippen LogP contribution in [0.4, 0.5) is 0 Å². The van der Waals surface area contributed by atoms with Gasteiger partial charge in [0.1, 0.15) is 0 Å². The van der Waals surface area contributed by atoms with Gasteiger partial charge in [-0.3, -0.25) is 6.29 Å². The van der Waals surface area contributed by atoms with Gasteiger partial charge in [-0.1, -0.05) is 19.6 Å². The van der Waals surface area contributed by atoms with Crippen LogP contribution in [0.2, 0.25) is 0 Å². The molecule has 196 valence electrons. The van der Waals surface area contributed by atoms with Crippen molar-refractivity contribution in [2.75, 3.05) is 0 Å². The predicted molar refractivity (Wildman–Crippen MR) is 158 cm³/mol. The summed E-state index contributed by atoms with van der Waals surface area (Å²) in [7, 11) is 0. The van der Waals surface area contributed by atoms with Gasteiger partial charge in [0.25, 0.3) is 0 Å². The van der Waals surface area contributed by atoms with E-state index in [1.54, 1.807) is 0 Å². The number of rotatable bonds is 5. The molecule has 0 amide bonds. The van der Waals surface area contributed by atoms with Gasteiger partial charge in [0.2, 0.25) is 0 Å². The minimum atomic E-state index is 0. The number of aryl methyl sites for hydroxylation is 3. The van der Waals surface area contributed by atoms with Crippen molar-refractivity contribution >= 4 is 57.2 Å². The van der Waals surface area contributed by atoms with Crippen molar-refractivity contribution in [2.24, 2.45) is 0 Å². The molecule has 0 unspecified atom stereocenters. The van der Waals surface area contributed by atoms with E-state index in [1.807, 2.05) is 6.08 Å². The fourth-order valence-corrected chi connectivity index (χ4v) is 5.52. The topological polar surface area (TPSA) is 104 Å². The summed E-state index contributed by atoms with van der Waals surface area (Å²) in [5.41, 5.74) is 16.9. The number of hydrogen-bond donors (Lipinski definition) is 2. The molecule has 7 heteroatoms. The normalized spacial score (nSPS) is 12.5. The Kier molecular flexibility index (Phi) is 9.08. The molecule has 6 nitrogen and oxygen atoms in total. The number of fused-ring (bicyclic) bond motifs is 8. The number of nitrogens with one attached hydrogen (secondary N) is 2. The first-order chi connectivity index (χ1) is 17.8. The number of nitrogens with zero attached hydrogens (tertiary/aromatic N) is 2. The van der Waals surface area contributed by atoms with Gasteiger partial charge in [0.15, 0.2) is 0 Å². The summed E-state index contributed by atoms with van der Waals surface area (Å²) < 4.78 is 0. The second-order valence-corrected chi connectivity index (χ2v) is 9.97. The van der Waals surface area contributed by atoms with Gasteiger partial charge >= 0.3 is 18.9 Å². The Bertz CT molecular complexity index is 1700. The molecular formula is C32H34LiN4O2-. The van der Waals surface area contributed by atoms with Gasteiger partial charge in [-0.2, -0.15) is 0 Å². The van der Waals surface area contributed by atoms with Gasteiger partial charge in [-0.25, -0.2) is 9.97 Å². The Hall–Kier alpha value is -3.43. The maximum absolute atomic E-state index is 11.1. The molecule has 5 heterocycles. The molecule has 0 radical (unpaired) electrons. The Morgan fingerprint density at radius 1 is 0.897 bits per heavy atom. The van der Waals surface area contributed by atoms with Crippen LogP contribution in [0.15, 0.2) is 24.8 Å². The number of allylic oxidation sites excluding steroid dienone is 3. The molecule has 0 saturated carbocycles.